The van der Waals surface area contributed by atoms with Crippen molar-refractivity contribution >= 4 is 25.9 Å². The SMILES string of the molecule is CC(C)(C)[Si](C)(C)Oc1cc2c(c3c1=C1COC(=O)C=C1C=CC3)OCCC=2. The molecule has 3 aliphatic rings. The lowest BCUT2D eigenvalue weighted by atomic mass is 9.97. The van der Waals surface area contributed by atoms with Crippen LogP contribution in [-0.4, -0.2) is 27.5 Å². The average molecular weight is 397 g/mol. The van der Waals surface area contributed by atoms with E-state index in [2.05, 4.69) is 52.1 Å². The summed E-state index contributed by atoms with van der Waals surface area (Å²) in [6, 6.07) is 2.13. The van der Waals surface area contributed by atoms with E-state index in [4.69, 9.17) is 13.9 Å². The second-order valence-electron chi connectivity index (χ2n) is 9.14. The number of esters is 1. The number of ether oxygens (including phenoxy) is 2. The number of hydrogen-bond donors (Lipinski definition) is 0. The Morgan fingerprint density at radius 1 is 1.18 bits per heavy atom. The maximum atomic E-state index is 11.8. The number of rotatable bonds is 2. The van der Waals surface area contributed by atoms with Gasteiger partial charge in [0.15, 0.2) is 0 Å². The Bertz CT molecular complexity index is 1020. The molecule has 0 radical (unpaired) electrons. The van der Waals surface area contributed by atoms with Gasteiger partial charge in [-0.25, -0.2) is 4.79 Å². The molecule has 2 aliphatic heterocycles. The van der Waals surface area contributed by atoms with Gasteiger partial charge < -0.3 is 13.9 Å². The van der Waals surface area contributed by atoms with Crippen molar-refractivity contribution in [1.82, 2.24) is 0 Å². The van der Waals surface area contributed by atoms with Crippen LogP contribution in [0, 0.1) is 0 Å². The smallest absolute Gasteiger partial charge is 0.331 e. The second kappa shape index (κ2) is 6.66. The second-order valence-corrected chi connectivity index (χ2v) is 13.9. The zero-order valence-electron chi connectivity index (χ0n) is 17.3. The van der Waals surface area contributed by atoms with Crippen LogP contribution in [0.25, 0.3) is 11.6 Å². The fourth-order valence-electron chi connectivity index (χ4n) is 3.60. The van der Waals surface area contributed by atoms with Gasteiger partial charge >= 0.3 is 5.97 Å². The molecule has 0 bridgehead atoms. The van der Waals surface area contributed by atoms with Gasteiger partial charge in [-0.3, -0.25) is 0 Å². The zero-order chi connectivity index (χ0) is 20.1. The monoisotopic (exact) mass is 396 g/mol. The number of cyclic esters (lactones) is 1. The van der Waals surface area contributed by atoms with Crippen molar-refractivity contribution in [3.8, 4) is 11.5 Å². The van der Waals surface area contributed by atoms with Crippen molar-refractivity contribution in [2.45, 2.75) is 51.7 Å². The van der Waals surface area contributed by atoms with Gasteiger partial charge in [-0.2, -0.15) is 0 Å². The highest BCUT2D eigenvalue weighted by Crippen LogP contribution is 2.37. The predicted molar refractivity (Wildman–Crippen MR) is 113 cm³/mol. The van der Waals surface area contributed by atoms with Crippen LogP contribution in [-0.2, 0) is 16.0 Å². The fourth-order valence-corrected chi connectivity index (χ4v) is 4.62. The maximum Gasteiger partial charge on any atom is 0.331 e. The minimum absolute atomic E-state index is 0.0847. The van der Waals surface area contributed by atoms with Gasteiger partial charge in [0.1, 0.15) is 18.1 Å². The molecule has 0 saturated heterocycles. The fraction of sp³-hybridized carbons (Fsp3) is 0.435. The number of fused-ring (bicyclic) bond motifs is 4. The molecule has 1 aliphatic carbocycles. The van der Waals surface area contributed by atoms with E-state index in [1.165, 1.54) is 0 Å². The summed E-state index contributed by atoms with van der Waals surface area (Å²) in [6.45, 7) is 12.2. The highest BCUT2D eigenvalue weighted by atomic mass is 28.4. The summed E-state index contributed by atoms with van der Waals surface area (Å²) < 4.78 is 18.3. The molecule has 4 rings (SSSR count). The minimum atomic E-state index is -2.05. The zero-order valence-corrected chi connectivity index (χ0v) is 18.3. The Labute approximate surface area is 167 Å². The Balaban J connectivity index is 2.04. The standard InChI is InChI=1S/C23H28O4Si/c1-23(2,3)28(4,5)27-19-12-16-9-7-11-25-22(16)17-10-6-8-15-13-20(24)26-14-18(15)21(17)19/h6,8-9,12-13H,7,10-11,14H2,1-5H3. The summed E-state index contributed by atoms with van der Waals surface area (Å²) in [5, 5.41) is 2.23. The van der Waals surface area contributed by atoms with Gasteiger partial charge in [-0.15, -0.1) is 0 Å². The van der Waals surface area contributed by atoms with Crippen LogP contribution in [0.1, 0.15) is 32.8 Å². The summed E-state index contributed by atoms with van der Waals surface area (Å²) in [6.07, 6.45) is 9.58. The van der Waals surface area contributed by atoms with Gasteiger partial charge in [-0.05, 0) is 36.2 Å². The molecule has 0 amide bonds. The Hall–Kier alpha value is -2.27. The van der Waals surface area contributed by atoms with Gasteiger partial charge in [0, 0.05) is 34.1 Å². The lowest BCUT2D eigenvalue weighted by molar-refractivity contribution is -0.136. The van der Waals surface area contributed by atoms with E-state index in [1.54, 1.807) is 6.08 Å². The first kappa shape index (κ1) is 19.1. The number of hydrogen-bond acceptors (Lipinski definition) is 4. The van der Waals surface area contributed by atoms with Crippen molar-refractivity contribution in [1.29, 1.82) is 0 Å². The quantitative estimate of drug-likeness (QED) is 0.568. The van der Waals surface area contributed by atoms with E-state index in [1.807, 2.05) is 6.08 Å². The molecule has 0 N–H and O–H groups in total. The van der Waals surface area contributed by atoms with Crippen LogP contribution >= 0.6 is 0 Å². The molecular formula is C23H28O4Si. The van der Waals surface area contributed by atoms with Crippen LogP contribution in [0.3, 0.4) is 0 Å². The van der Waals surface area contributed by atoms with Gasteiger partial charge in [0.2, 0.25) is 0 Å². The van der Waals surface area contributed by atoms with Crippen LogP contribution in [0.2, 0.25) is 18.1 Å². The van der Waals surface area contributed by atoms with Crippen LogP contribution in [0.5, 0.6) is 11.5 Å². The van der Waals surface area contributed by atoms with E-state index in [0.717, 1.165) is 51.5 Å². The van der Waals surface area contributed by atoms with Crippen molar-refractivity contribution in [2.75, 3.05) is 13.2 Å². The van der Waals surface area contributed by atoms with Crippen LogP contribution < -0.4 is 19.6 Å². The Morgan fingerprint density at radius 3 is 2.71 bits per heavy atom. The molecule has 0 spiro atoms. The number of carbonyl (C=O) groups is 1. The summed E-state index contributed by atoms with van der Waals surface area (Å²) in [7, 11) is -2.05. The summed E-state index contributed by atoms with van der Waals surface area (Å²) in [5.41, 5.74) is 3.05. The first-order chi connectivity index (χ1) is 13.2. The number of benzene rings is 1. The lowest BCUT2D eigenvalue weighted by Crippen LogP contribution is -2.45. The topological polar surface area (TPSA) is 44.8 Å². The predicted octanol–water partition coefficient (Wildman–Crippen LogP) is 3.38. The van der Waals surface area contributed by atoms with E-state index < -0.39 is 8.32 Å². The van der Waals surface area contributed by atoms with Crippen molar-refractivity contribution in [2.24, 2.45) is 0 Å². The van der Waals surface area contributed by atoms with Crippen LogP contribution in [0.4, 0.5) is 0 Å². The number of carbonyl (C=O) groups excluding carboxylic acids is 1. The Kier molecular flexibility index (Phi) is 4.53. The normalized spacial score (nSPS) is 18.5. The molecule has 5 heteroatoms. The van der Waals surface area contributed by atoms with Gasteiger partial charge in [-0.1, -0.05) is 39.0 Å². The third-order valence-corrected chi connectivity index (χ3v) is 10.5. The number of allylic oxidation sites excluding steroid dienone is 2. The molecule has 0 unspecified atom stereocenters. The molecule has 0 atom stereocenters. The molecular weight excluding hydrogens is 368 g/mol. The average Bonchev–Trinajstić information content (AvgIpc) is 2.80. The van der Waals surface area contributed by atoms with E-state index in [0.29, 0.717) is 6.61 Å². The highest BCUT2D eigenvalue weighted by Gasteiger charge is 2.39. The van der Waals surface area contributed by atoms with E-state index in [-0.39, 0.29) is 17.6 Å². The molecule has 0 fully saturated rings. The molecule has 0 aromatic heterocycles. The molecule has 1 aromatic rings. The largest absolute Gasteiger partial charge is 0.543 e. The summed E-state index contributed by atoms with van der Waals surface area (Å²) in [4.78, 5) is 11.8. The lowest BCUT2D eigenvalue weighted by Gasteiger charge is -2.37. The van der Waals surface area contributed by atoms with Crippen molar-refractivity contribution in [3.05, 3.63) is 45.9 Å². The third kappa shape index (κ3) is 3.22. The first-order valence-corrected chi connectivity index (χ1v) is 12.8. The summed E-state index contributed by atoms with van der Waals surface area (Å²) in [5.74, 6) is 1.55. The van der Waals surface area contributed by atoms with E-state index >= 15 is 0 Å². The molecule has 0 saturated carbocycles. The molecule has 28 heavy (non-hydrogen) atoms. The minimum Gasteiger partial charge on any atom is -0.543 e. The van der Waals surface area contributed by atoms with Gasteiger partial charge in [0.05, 0.1) is 6.61 Å². The molecule has 2 heterocycles. The van der Waals surface area contributed by atoms with E-state index in [9.17, 15) is 4.79 Å². The third-order valence-electron chi connectivity index (χ3n) is 6.17. The van der Waals surface area contributed by atoms with Crippen LogP contribution in [0.15, 0.2) is 29.9 Å². The van der Waals surface area contributed by atoms with Gasteiger partial charge in [0.25, 0.3) is 8.32 Å². The molecule has 1 aromatic carbocycles. The molecule has 4 nitrogen and oxygen atoms in total. The van der Waals surface area contributed by atoms with Crippen molar-refractivity contribution in [3.63, 3.8) is 0 Å². The highest BCUT2D eigenvalue weighted by molar-refractivity contribution is 6.74. The molecule has 148 valence electrons. The van der Waals surface area contributed by atoms with Crippen molar-refractivity contribution < 1.29 is 18.7 Å². The first-order valence-electron chi connectivity index (χ1n) is 9.94. The maximum absolute atomic E-state index is 11.8. The Morgan fingerprint density at radius 2 is 1.96 bits per heavy atom. The summed E-state index contributed by atoms with van der Waals surface area (Å²) >= 11 is 0.